The fourth-order valence-electron chi connectivity index (χ4n) is 1.97. The van der Waals surface area contributed by atoms with Crippen molar-refractivity contribution in [2.24, 2.45) is 0 Å². The van der Waals surface area contributed by atoms with Gasteiger partial charge in [0.2, 0.25) is 0 Å². The van der Waals surface area contributed by atoms with Crippen LogP contribution in [0.15, 0.2) is 65.7 Å². The lowest BCUT2D eigenvalue weighted by Crippen LogP contribution is -2.06. The van der Waals surface area contributed by atoms with Crippen LogP contribution in [0.5, 0.6) is 0 Å². The summed E-state index contributed by atoms with van der Waals surface area (Å²) in [5.41, 5.74) is 2.64. The quantitative estimate of drug-likeness (QED) is 0.824. The second-order valence-electron chi connectivity index (χ2n) is 4.32. The predicted octanol–water partition coefficient (Wildman–Crippen LogP) is 4.42. The Labute approximate surface area is 123 Å². The third kappa shape index (κ3) is 3.52. The van der Waals surface area contributed by atoms with E-state index < -0.39 is 0 Å². The van der Waals surface area contributed by atoms with Gasteiger partial charge in [0, 0.05) is 5.69 Å². The molecule has 0 atom stereocenters. The van der Waals surface area contributed by atoms with E-state index in [1.54, 1.807) is 18.7 Å². The van der Waals surface area contributed by atoms with Crippen molar-refractivity contribution in [3.8, 4) is 0 Å². The second kappa shape index (κ2) is 6.96. The van der Waals surface area contributed by atoms with Crippen molar-refractivity contribution in [2.75, 3.05) is 11.6 Å². The minimum absolute atomic E-state index is 0.0592. The maximum atomic E-state index is 12.0. The zero-order valence-corrected chi connectivity index (χ0v) is 12.4. The molecule has 0 unspecified atom stereocenters. The molecule has 2 aromatic carbocycles. The van der Waals surface area contributed by atoms with E-state index in [0.717, 1.165) is 21.9 Å². The van der Waals surface area contributed by atoms with E-state index in [-0.39, 0.29) is 5.78 Å². The minimum atomic E-state index is 0.0592. The van der Waals surface area contributed by atoms with Gasteiger partial charge in [0.15, 0.2) is 5.78 Å². The summed E-state index contributed by atoms with van der Waals surface area (Å²) in [5, 5.41) is 4.20. The van der Waals surface area contributed by atoms with Crippen LogP contribution in [0.25, 0.3) is 5.57 Å². The Morgan fingerprint density at radius 2 is 1.50 bits per heavy atom. The molecular formula is C17H17NOS. The number of allylic oxidation sites excluding steroid dienone is 1. The van der Waals surface area contributed by atoms with Crippen molar-refractivity contribution < 1.29 is 4.79 Å². The van der Waals surface area contributed by atoms with Crippen molar-refractivity contribution in [1.29, 1.82) is 0 Å². The Bertz CT molecular complexity index is 605. The van der Waals surface area contributed by atoms with Gasteiger partial charge >= 0.3 is 0 Å². The average molecular weight is 283 g/mol. The first-order valence-electron chi connectivity index (χ1n) is 6.39. The summed E-state index contributed by atoms with van der Waals surface area (Å²) in [6.07, 6.45) is 1.97. The number of Topliss-reactive ketones (excluding diaryl/α,β-unsaturated/α-hetero) is 1. The number of rotatable bonds is 5. The van der Waals surface area contributed by atoms with Crippen molar-refractivity contribution in [3.63, 3.8) is 0 Å². The highest BCUT2D eigenvalue weighted by Crippen LogP contribution is 2.27. The molecule has 0 aliphatic rings. The summed E-state index contributed by atoms with van der Waals surface area (Å²) < 4.78 is 0. The van der Waals surface area contributed by atoms with Crippen molar-refractivity contribution in [1.82, 2.24) is 0 Å². The molecule has 0 aliphatic heterocycles. The summed E-state index contributed by atoms with van der Waals surface area (Å²) in [6.45, 7) is 1.60. The molecule has 2 nitrogen and oxygen atoms in total. The van der Waals surface area contributed by atoms with Gasteiger partial charge in [-0.3, -0.25) is 4.79 Å². The Hall–Kier alpha value is -2.00. The summed E-state index contributed by atoms with van der Waals surface area (Å²) in [4.78, 5) is 12.0. The van der Waals surface area contributed by atoms with Crippen LogP contribution < -0.4 is 5.32 Å². The summed E-state index contributed by atoms with van der Waals surface area (Å²) >= 11 is 1.54. The normalized spacial score (nSPS) is 11.7. The lowest BCUT2D eigenvalue weighted by Gasteiger charge is -2.14. The molecule has 0 aliphatic carbocycles. The fraction of sp³-hybridized carbons (Fsp3) is 0.118. The Morgan fingerprint density at radius 3 is 2.00 bits per heavy atom. The van der Waals surface area contributed by atoms with E-state index in [1.807, 2.05) is 66.9 Å². The van der Waals surface area contributed by atoms with Gasteiger partial charge in [0.25, 0.3) is 0 Å². The van der Waals surface area contributed by atoms with Crippen molar-refractivity contribution >= 4 is 28.8 Å². The molecule has 0 amide bonds. The van der Waals surface area contributed by atoms with Crippen LogP contribution in [0, 0.1) is 0 Å². The highest BCUT2D eigenvalue weighted by atomic mass is 32.2. The van der Waals surface area contributed by atoms with Crippen LogP contribution in [0.4, 0.5) is 5.69 Å². The molecule has 0 spiro atoms. The number of hydrogen-bond acceptors (Lipinski definition) is 3. The van der Waals surface area contributed by atoms with E-state index in [9.17, 15) is 4.79 Å². The third-order valence-electron chi connectivity index (χ3n) is 2.88. The van der Waals surface area contributed by atoms with E-state index in [2.05, 4.69) is 5.32 Å². The number of carbonyl (C=O) groups excluding carboxylic acids is 1. The maximum absolute atomic E-state index is 12.0. The number of nitrogens with one attached hydrogen (secondary N) is 1. The largest absolute Gasteiger partial charge is 0.350 e. The molecule has 0 bridgehead atoms. The first-order valence-corrected chi connectivity index (χ1v) is 7.61. The maximum Gasteiger partial charge on any atom is 0.163 e. The lowest BCUT2D eigenvalue weighted by atomic mass is 10.0. The van der Waals surface area contributed by atoms with Gasteiger partial charge in [-0.1, -0.05) is 48.5 Å². The van der Waals surface area contributed by atoms with Crippen molar-refractivity contribution in [2.45, 2.75) is 6.92 Å². The Morgan fingerprint density at radius 1 is 0.950 bits per heavy atom. The molecule has 3 heteroatoms. The minimum Gasteiger partial charge on any atom is -0.350 e. The molecule has 0 aromatic heterocycles. The van der Waals surface area contributed by atoms with Gasteiger partial charge in [-0.15, -0.1) is 11.8 Å². The van der Waals surface area contributed by atoms with E-state index in [4.69, 9.17) is 0 Å². The van der Waals surface area contributed by atoms with E-state index in [1.165, 1.54) is 0 Å². The van der Waals surface area contributed by atoms with Crippen molar-refractivity contribution in [3.05, 3.63) is 71.3 Å². The molecule has 2 aromatic rings. The lowest BCUT2D eigenvalue weighted by molar-refractivity contribution is -0.111. The monoisotopic (exact) mass is 283 g/mol. The third-order valence-corrected chi connectivity index (χ3v) is 3.59. The van der Waals surface area contributed by atoms with E-state index in [0.29, 0.717) is 0 Å². The summed E-state index contributed by atoms with van der Waals surface area (Å²) in [7, 11) is 0. The Balaban J connectivity index is 2.44. The van der Waals surface area contributed by atoms with Gasteiger partial charge in [-0.05, 0) is 30.9 Å². The molecule has 102 valence electrons. The molecule has 0 saturated carbocycles. The molecule has 1 N–H and O–H groups in total. The highest BCUT2D eigenvalue weighted by Gasteiger charge is 2.13. The van der Waals surface area contributed by atoms with Gasteiger partial charge < -0.3 is 5.32 Å². The molecule has 0 saturated heterocycles. The van der Waals surface area contributed by atoms with Crippen LogP contribution >= 0.6 is 11.8 Å². The zero-order chi connectivity index (χ0) is 14.4. The molecular weight excluding hydrogens is 266 g/mol. The van der Waals surface area contributed by atoms with Crippen LogP contribution in [0.3, 0.4) is 0 Å². The number of thioether (sulfide) groups is 1. The van der Waals surface area contributed by atoms with Gasteiger partial charge in [0.1, 0.15) is 0 Å². The van der Waals surface area contributed by atoms with Crippen LogP contribution in [0.1, 0.15) is 12.5 Å². The molecule has 0 radical (unpaired) electrons. The zero-order valence-electron chi connectivity index (χ0n) is 11.6. The number of carbonyl (C=O) groups is 1. The molecule has 2 rings (SSSR count). The highest BCUT2D eigenvalue weighted by molar-refractivity contribution is 8.02. The first kappa shape index (κ1) is 14.4. The summed E-state index contributed by atoms with van der Waals surface area (Å²) in [6, 6.07) is 19.6. The smallest absolute Gasteiger partial charge is 0.163 e. The molecule has 20 heavy (non-hydrogen) atoms. The topological polar surface area (TPSA) is 29.1 Å². The van der Waals surface area contributed by atoms with Crippen LogP contribution in [-0.4, -0.2) is 12.0 Å². The molecule has 0 heterocycles. The van der Waals surface area contributed by atoms with E-state index >= 15 is 0 Å². The van der Waals surface area contributed by atoms with Gasteiger partial charge in [-0.2, -0.15) is 0 Å². The number of para-hydroxylation sites is 1. The summed E-state index contributed by atoms with van der Waals surface area (Å²) in [5.74, 6) is 0.0592. The molecule has 0 fully saturated rings. The Kier molecular flexibility index (Phi) is 5.02. The van der Waals surface area contributed by atoms with Crippen LogP contribution in [-0.2, 0) is 4.79 Å². The number of benzene rings is 2. The van der Waals surface area contributed by atoms with Gasteiger partial charge in [-0.25, -0.2) is 0 Å². The number of anilines is 1. The van der Waals surface area contributed by atoms with Gasteiger partial charge in [0.05, 0.1) is 10.6 Å². The standard InChI is InChI=1S/C17H17NOS/c1-13(19)16(14-9-5-3-6-10-14)17(20-2)18-15-11-7-4-8-12-15/h3-12,18H,1-2H3. The number of ketones is 1. The average Bonchev–Trinajstić information content (AvgIpc) is 2.48. The first-order chi connectivity index (χ1) is 9.72. The fourth-order valence-corrected chi connectivity index (χ4v) is 2.65. The second-order valence-corrected chi connectivity index (χ2v) is 5.14. The van der Waals surface area contributed by atoms with Crippen LogP contribution in [0.2, 0.25) is 0 Å². The number of hydrogen-bond donors (Lipinski definition) is 1. The predicted molar refractivity (Wildman–Crippen MR) is 87.6 cm³/mol. The SMILES string of the molecule is CSC(Nc1ccccc1)=C(C(C)=O)c1ccccc1.